The van der Waals surface area contributed by atoms with Gasteiger partial charge in [0.15, 0.2) is 0 Å². The lowest BCUT2D eigenvalue weighted by molar-refractivity contribution is 1.15. The molecule has 0 fully saturated rings. The summed E-state index contributed by atoms with van der Waals surface area (Å²) in [7, 11) is 0. The second-order valence-corrected chi connectivity index (χ2v) is 11.3. The van der Waals surface area contributed by atoms with Crippen LogP contribution in [0.4, 0.5) is 17.2 Å². The van der Waals surface area contributed by atoms with Crippen LogP contribution in [0.1, 0.15) is 0 Å². The quantitative estimate of drug-likeness (QED) is 0.204. The zero-order valence-corrected chi connectivity index (χ0v) is 24.5. The molecule has 0 aliphatic rings. The predicted octanol–water partition coefficient (Wildman–Crippen LogP) is 10.7. The van der Waals surface area contributed by atoms with Crippen LogP contribution in [-0.2, 0) is 0 Å². The summed E-state index contributed by atoms with van der Waals surface area (Å²) in [5.74, 6) is 0.867. The molecule has 4 nitrogen and oxygen atoms in total. The second kappa shape index (κ2) is 10.2. The standard InChI is InChI=1S/C41H28N4/c1-5-15-37-33(11-1)34-12-2-6-16-38(34)44(37)31-24-20-29(21-25-31)43(41-19-9-10-28-42-41)30-22-26-32(27-23-30)45-39-17-7-3-13-35(39)36-14-4-8-18-40(36)45/h1-28H. The molecular weight excluding hydrogens is 548 g/mol. The van der Waals surface area contributed by atoms with Crippen LogP contribution >= 0.6 is 0 Å². The number of aromatic nitrogens is 3. The number of hydrogen-bond acceptors (Lipinski definition) is 2. The molecule has 212 valence electrons. The van der Waals surface area contributed by atoms with E-state index in [1.54, 1.807) is 0 Å². The Bertz CT molecular complexity index is 2210. The van der Waals surface area contributed by atoms with E-state index in [0.29, 0.717) is 0 Å². The molecular formula is C41H28N4. The molecule has 0 bridgehead atoms. The number of para-hydroxylation sites is 4. The number of hydrogen-bond donors (Lipinski definition) is 0. The summed E-state index contributed by atoms with van der Waals surface area (Å²) in [6, 6.07) is 58.1. The molecule has 3 heterocycles. The van der Waals surface area contributed by atoms with Crippen LogP contribution in [0.3, 0.4) is 0 Å². The second-order valence-electron chi connectivity index (χ2n) is 11.3. The summed E-state index contributed by atoms with van der Waals surface area (Å²) in [6.45, 7) is 0. The van der Waals surface area contributed by atoms with Gasteiger partial charge in [-0.2, -0.15) is 0 Å². The Morgan fingerprint density at radius 2 is 0.711 bits per heavy atom. The molecule has 0 aliphatic heterocycles. The molecule has 6 aromatic carbocycles. The van der Waals surface area contributed by atoms with Crippen molar-refractivity contribution in [2.75, 3.05) is 4.90 Å². The molecule has 3 aromatic heterocycles. The Morgan fingerprint density at radius 3 is 1.07 bits per heavy atom. The summed E-state index contributed by atoms with van der Waals surface area (Å²) in [4.78, 5) is 6.97. The van der Waals surface area contributed by atoms with Crippen LogP contribution in [0, 0.1) is 0 Å². The smallest absolute Gasteiger partial charge is 0.137 e. The highest BCUT2D eigenvalue weighted by Crippen LogP contribution is 2.37. The zero-order chi connectivity index (χ0) is 29.7. The minimum Gasteiger partial charge on any atom is -0.309 e. The van der Waals surface area contributed by atoms with Crippen molar-refractivity contribution in [2.45, 2.75) is 0 Å². The first-order valence-corrected chi connectivity index (χ1v) is 15.2. The van der Waals surface area contributed by atoms with E-state index in [9.17, 15) is 0 Å². The first-order valence-electron chi connectivity index (χ1n) is 15.2. The van der Waals surface area contributed by atoms with E-state index in [1.165, 1.54) is 43.6 Å². The fourth-order valence-electron chi connectivity index (χ4n) is 6.80. The molecule has 45 heavy (non-hydrogen) atoms. The maximum atomic E-state index is 4.76. The van der Waals surface area contributed by atoms with Gasteiger partial charge < -0.3 is 9.13 Å². The van der Waals surface area contributed by atoms with Crippen molar-refractivity contribution in [1.82, 2.24) is 14.1 Å². The SMILES string of the molecule is c1ccc(N(c2ccc(-n3c4ccccc4c4ccccc43)cc2)c2ccc(-n3c4ccccc4c4ccccc43)cc2)nc1. The Kier molecular flexibility index (Phi) is 5.78. The van der Waals surface area contributed by atoms with Crippen molar-refractivity contribution in [2.24, 2.45) is 0 Å². The van der Waals surface area contributed by atoms with Crippen molar-refractivity contribution in [3.05, 3.63) is 170 Å². The number of rotatable bonds is 5. The molecule has 0 amide bonds. The molecule has 0 saturated carbocycles. The topological polar surface area (TPSA) is 26.0 Å². The number of benzene rings is 6. The molecule has 9 aromatic rings. The average molecular weight is 577 g/mol. The van der Waals surface area contributed by atoms with E-state index in [1.807, 2.05) is 18.3 Å². The molecule has 0 radical (unpaired) electrons. The molecule has 0 unspecified atom stereocenters. The van der Waals surface area contributed by atoms with Crippen molar-refractivity contribution in [1.29, 1.82) is 0 Å². The molecule has 0 N–H and O–H groups in total. The van der Waals surface area contributed by atoms with Crippen LogP contribution < -0.4 is 4.90 Å². The summed E-state index contributed by atoms with van der Waals surface area (Å²) in [5, 5.41) is 5.04. The molecule has 9 rings (SSSR count). The first-order chi connectivity index (χ1) is 22.3. The third-order valence-electron chi connectivity index (χ3n) is 8.77. The summed E-state index contributed by atoms with van der Waals surface area (Å²) in [5.41, 5.74) is 9.15. The van der Waals surface area contributed by atoms with Crippen molar-refractivity contribution in [3.63, 3.8) is 0 Å². The van der Waals surface area contributed by atoms with E-state index in [4.69, 9.17) is 4.98 Å². The predicted molar refractivity (Wildman–Crippen MR) is 188 cm³/mol. The van der Waals surface area contributed by atoms with Gasteiger partial charge >= 0.3 is 0 Å². The van der Waals surface area contributed by atoms with Crippen molar-refractivity contribution < 1.29 is 0 Å². The van der Waals surface area contributed by atoms with Gasteiger partial charge in [-0.05, 0) is 84.9 Å². The Hall–Kier alpha value is -6.13. The number of pyridine rings is 1. The van der Waals surface area contributed by atoms with E-state index in [-0.39, 0.29) is 0 Å². The monoisotopic (exact) mass is 576 g/mol. The van der Waals surface area contributed by atoms with Crippen molar-refractivity contribution >= 4 is 60.8 Å². The Balaban J connectivity index is 1.15. The molecule has 0 atom stereocenters. The maximum absolute atomic E-state index is 4.76. The number of fused-ring (bicyclic) bond motifs is 6. The average Bonchev–Trinajstić information content (AvgIpc) is 3.63. The molecule has 0 aliphatic carbocycles. The molecule has 0 saturated heterocycles. The highest BCUT2D eigenvalue weighted by molar-refractivity contribution is 6.10. The van der Waals surface area contributed by atoms with Crippen LogP contribution in [0.5, 0.6) is 0 Å². The third-order valence-corrected chi connectivity index (χ3v) is 8.77. The molecule has 0 spiro atoms. The fraction of sp³-hybridized carbons (Fsp3) is 0. The van der Waals surface area contributed by atoms with Crippen molar-refractivity contribution in [3.8, 4) is 11.4 Å². The minimum absolute atomic E-state index is 0.867. The van der Waals surface area contributed by atoms with E-state index in [0.717, 1.165) is 28.6 Å². The lowest BCUT2D eigenvalue weighted by atomic mass is 10.2. The lowest BCUT2D eigenvalue weighted by Crippen LogP contribution is -2.11. The van der Waals surface area contributed by atoms with E-state index in [2.05, 4.69) is 166 Å². The van der Waals surface area contributed by atoms with Gasteiger partial charge in [0, 0.05) is 50.5 Å². The lowest BCUT2D eigenvalue weighted by Gasteiger charge is -2.25. The summed E-state index contributed by atoms with van der Waals surface area (Å²) >= 11 is 0. The van der Waals surface area contributed by atoms with Gasteiger partial charge in [0.25, 0.3) is 0 Å². The van der Waals surface area contributed by atoms with Gasteiger partial charge in [-0.25, -0.2) is 4.98 Å². The van der Waals surface area contributed by atoms with Gasteiger partial charge in [-0.3, -0.25) is 4.90 Å². The highest BCUT2D eigenvalue weighted by atomic mass is 15.2. The summed E-state index contributed by atoms with van der Waals surface area (Å²) in [6.07, 6.45) is 1.85. The largest absolute Gasteiger partial charge is 0.309 e. The van der Waals surface area contributed by atoms with Gasteiger partial charge in [0.2, 0.25) is 0 Å². The van der Waals surface area contributed by atoms with Gasteiger partial charge in [-0.1, -0.05) is 78.9 Å². The van der Waals surface area contributed by atoms with E-state index >= 15 is 0 Å². The minimum atomic E-state index is 0.867. The zero-order valence-electron chi connectivity index (χ0n) is 24.5. The molecule has 4 heteroatoms. The number of nitrogens with zero attached hydrogens (tertiary/aromatic N) is 4. The van der Waals surface area contributed by atoms with Gasteiger partial charge in [0.1, 0.15) is 5.82 Å². The highest BCUT2D eigenvalue weighted by Gasteiger charge is 2.17. The van der Waals surface area contributed by atoms with Crippen LogP contribution in [0.25, 0.3) is 55.0 Å². The Morgan fingerprint density at radius 1 is 0.356 bits per heavy atom. The van der Waals surface area contributed by atoms with Crippen LogP contribution in [0.15, 0.2) is 170 Å². The fourth-order valence-corrected chi connectivity index (χ4v) is 6.80. The summed E-state index contributed by atoms with van der Waals surface area (Å²) < 4.78 is 4.69. The third kappa shape index (κ3) is 4.04. The maximum Gasteiger partial charge on any atom is 0.137 e. The van der Waals surface area contributed by atoms with Crippen LogP contribution in [0.2, 0.25) is 0 Å². The van der Waals surface area contributed by atoms with E-state index < -0.39 is 0 Å². The van der Waals surface area contributed by atoms with Gasteiger partial charge in [0.05, 0.1) is 22.1 Å². The first kappa shape index (κ1) is 25.4. The van der Waals surface area contributed by atoms with Crippen LogP contribution in [-0.4, -0.2) is 14.1 Å². The van der Waals surface area contributed by atoms with Gasteiger partial charge in [-0.15, -0.1) is 0 Å². The number of anilines is 3. The Labute approximate surface area is 260 Å². The normalized spacial score (nSPS) is 11.6.